The second-order valence-corrected chi connectivity index (χ2v) is 6.73. The lowest BCUT2D eigenvalue weighted by Crippen LogP contribution is -2.45. The summed E-state index contributed by atoms with van der Waals surface area (Å²) in [5, 5.41) is 6.02. The molecule has 0 radical (unpaired) electrons. The quantitative estimate of drug-likeness (QED) is 0.781. The number of piperazine rings is 1. The first kappa shape index (κ1) is 18.0. The average molecular weight is 382 g/mol. The highest BCUT2D eigenvalue weighted by atomic mass is 35.5. The van der Waals surface area contributed by atoms with Crippen LogP contribution < -0.4 is 5.32 Å². The molecule has 1 saturated heterocycles. The first-order valence-corrected chi connectivity index (χ1v) is 8.43. The van der Waals surface area contributed by atoms with Gasteiger partial charge in [-0.25, -0.2) is 4.39 Å². The molecule has 0 spiro atoms. The molecular weight excluding hydrogens is 366 g/mol. The number of nitrogens with one attached hydrogen (secondary N) is 1. The third-order valence-corrected chi connectivity index (χ3v) is 5.43. The van der Waals surface area contributed by atoms with Gasteiger partial charge in [0, 0.05) is 36.6 Å². The van der Waals surface area contributed by atoms with Crippen LogP contribution in [0.4, 0.5) is 4.39 Å². The van der Waals surface area contributed by atoms with Crippen LogP contribution >= 0.6 is 46.9 Å². The van der Waals surface area contributed by atoms with E-state index in [-0.39, 0.29) is 24.3 Å². The van der Waals surface area contributed by atoms with Crippen LogP contribution in [-0.2, 0) is 0 Å². The number of benzene rings is 1. The zero-order chi connectivity index (χ0) is 14.8. The molecule has 22 heavy (non-hydrogen) atoms. The van der Waals surface area contributed by atoms with E-state index in [2.05, 4.69) is 10.2 Å². The van der Waals surface area contributed by atoms with E-state index in [1.165, 1.54) is 12.1 Å². The summed E-state index contributed by atoms with van der Waals surface area (Å²) >= 11 is 14.0. The van der Waals surface area contributed by atoms with Gasteiger partial charge in [-0.1, -0.05) is 29.3 Å². The van der Waals surface area contributed by atoms with E-state index < -0.39 is 0 Å². The number of hydrogen-bond donors (Lipinski definition) is 1. The van der Waals surface area contributed by atoms with Crippen LogP contribution in [0, 0.1) is 5.82 Å². The van der Waals surface area contributed by atoms with Gasteiger partial charge in [0.25, 0.3) is 0 Å². The first-order chi connectivity index (χ1) is 10.2. The molecule has 0 bridgehead atoms. The largest absolute Gasteiger partial charge is 0.314 e. The molecule has 3 rings (SSSR count). The van der Waals surface area contributed by atoms with Gasteiger partial charge in [0.05, 0.1) is 16.1 Å². The summed E-state index contributed by atoms with van der Waals surface area (Å²) < 4.78 is 14.4. The summed E-state index contributed by atoms with van der Waals surface area (Å²) in [6.07, 6.45) is 0. The van der Waals surface area contributed by atoms with Gasteiger partial charge in [0.1, 0.15) is 5.82 Å². The van der Waals surface area contributed by atoms with Crippen molar-refractivity contribution in [1.29, 1.82) is 0 Å². The van der Waals surface area contributed by atoms with E-state index in [1.54, 1.807) is 11.3 Å². The van der Waals surface area contributed by atoms with Gasteiger partial charge in [-0.3, -0.25) is 4.90 Å². The van der Waals surface area contributed by atoms with E-state index in [9.17, 15) is 4.39 Å². The monoisotopic (exact) mass is 380 g/mol. The normalized spacial score (nSPS) is 17.0. The number of halogens is 4. The minimum Gasteiger partial charge on any atom is -0.314 e. The molecule has 2 nitrogen and oxygen atoms in total. The molecule has 1 fully saturated rings. The molecule has 7 heteroatoms. The highest BCUT2D eigenvalue weighted by Crippen LogP contribution is 2.40. The molecule has 1 aromatic heterocycles. The Morgan fingerprint density at radius 3 is 2.55 bits per heavy atom. The van der Waals surface area contributed by atoms with Gasteiger partial charge in [-0.2, -0.15) is 0 Å². The Kier molecular flexibility index (Phi) is 6.50. The zero-order valence-electron chi connectivity index (χ0n) is 11.7. The highest BCUT2D eigenvalue weighted by molar-refractivity contribution is 7.10. The van der Waals surface area contributed by atoms with E-state index in [4.69, 9.17) is 23.2 Å². The molecule has 0 unspecified atom stereocenters. The van der Waals surface area contributed by atoms with Crippen molar-refractivity contribution in [3.05, 3.63) is 55.9 Å². The van der Waals surface area contributed by atoms with Gasteiger partial charge in [-0.15, -0.1) is 23.7 Å². The van der Waals surface area contributed by atoms with Crippen molar-refractivity contribution >= 4 is 46.9 Å². The lowest BCUT2D eigenvalue weighted by Gasteiger charge is -2.35. The molecular formula is C15H16Cl3FN2S. The second-order valence-electron chi connectivity index (χ2n) is 4.96. The zero-order valence-corrected chi connectivity index (χ0v) is 14.8. The minimum atomic E-state index is -0.304. The van der Waals surface area contributed by atoms with E-state index in [1.807, 2.05) is 17.5 Å². The van der Waals surface area contributed by atoms with Crippen molar-refractivity contribution in [2.45, 2.75) is 6.04 Å². The van der Waals surface area contributed by atoms with Crippen LogP contribution in [0.5, 0.6) is 0 Å². The summed E-state index contributed by atoms with van der Waals surface area (Å²) in [4.78, 5) is 3.34. The summed E-state index contributed by atoms with van der Waals surface area (Å²) in [5.74, 6) is -0.304. The van der Waals surface area contributed by atoms with Gasteiger partial charge in [-0.05, 0) is 23.6 Å². The number of thiophene rings is 1. The average Bonchev–Trinajstić information content (AvgIpc) is 3.02. The summed E-state index contributed by atoms with van der Waals surface area (Å²) in [5.41, 5.74) is 0.480. The maximum absolute atomic E-state index is 14.4. The number of hydrogen-bond acceptors (Lipinski definition) is 3. The molecule has 1 aromatic carbocycles. The lowest BCUT2D eigenvalue weighted by molar-refractivity contribution is 0.197. The second kappa shape index (κ2) is 7.95. The van der Waals surface area contributed by atoms with Crippen molar-refractivity contribution in [3.63, 3.8) is 0 Å². The van der Waals surface area contributed by atoms with Gasteiger partial charge in [0.15, 0.2) is 0 Å². The topological polar surface area (TPSA) is 15.3 Å². The molecule has 0 aliphatic carbocycles. The van der Waals surface area contributed by atoms with Crippen molar-refractivity contribution in [3.8, 4) is 0 Å². The van der Waals surface area contributed by atoms with Crippen molar-refractivity contribution in [1.82, 2.24) is 10.2 Å². The Balaban J connectivity index is 0.00000176. The number of nitrogens with zero attached hydrogens (tertiary/aromatic N) is 1. The maximum atomic E-state index is 14.4. The van der Waals surface area contributed by atoms with Crippen molar-refractivity contribution < 1.29 is 4.39 Å². The predicted molar refractivity (Wildman–Crippen MR) is 94.3 cm³/mol. The fourth-order valence-electron chi connectivity index (χ4n) is 2.69. The van der Waals surface area contributed by atoms with E-state index >= 15 is 0 Å². The molecule has 2 heterocycles. The number of rotatable bonds is 3. The SMILES string of the molecule is Cl.Fc1ccc(Cl)c(Cl)c1[C@@H](c1cccs1)N1CCNCC1. The van der Waals surface area contributed by atoms with Crippen LogP contribution in [-0.4, -0.2) is 31.1 Å². The summed E-state index contributed by atoms with van der Waals surface area (Å²) in [6.45, 7) is 3.49. The van der Waals surface area contributed by atoms with Gasteiger partial charge in [0.2, 0.25) is 0 Å². The minimum absolute atomic E-state index is 0. The lowest BCUT2D eigenvalue weighted by atomic mass is 10.0. The van der Waals surface area contributed by atoms with Crippen LogP contribution in [0.15, 0.2) is 29.6 Å². The Morgan fingerprint density at radius 1 is 1.18 bits per heavy atom. The van der Waals surface area contributed by atoms with E-state index in [0.29, 0.717) is 15.6 Å². The molecule has 1 aliphatic heterocycles. The van der Waals surface area contributed by atoms with Crippen LogP contribution in [0.2, 0.25) is 10.0 Å². The summed E-state index contributed by atoms with van der Waals surface area (Å²) in [7, 11) is 0. The van der Waals surface area contributed by atoms with Gasteiger partial charge < -0.3 is 5.32 Å². The molecule has 1 aliphatic rings. The third kappa shape index (κ3) is 3.58. The van der Waals surface area contributed by atoms with Crippen LogP contribution in [0.25, 0.3) is 0 Å². The Hall–Kier alpha value is -0.360. The Morgan fingerprint density at radius 2 is 1.91 bits per heavy atom. The summed E-state index contributed by atoms with van der Waals surface area (Å²) in [6, 6.07) is 6.72. The van der Waals surface area contributed by atoms with Crippen LogP contribution in [0.1, 0.15) is 16.5 Å². The van der Waals surface area contributed by atoms with Gasteiger partial charge >= 0.3 is 0 Å². The Labute approximate surface area is 149 Å². The fraction of sp³-hybridized carbons (Fsp3) is 0.333. The molecule has 2 aromatic rings. The predicted octanol–water partition coefficient (Wildman–Crippen LogP) is 4.61. The third-order valence-electron chi connectivity index (χ3n) is 3.68. The molecule has 1 N–H and O–H groups in total. The Bertz CT molecular complexity index is 616. The molecule has 120 valence electrons. The van der Waals surface area contributed by atoms with Crippen LogP contribution in [0.3, 0.4) is 0 Å². The van der Waals surface area contributed by atoms with Crippen molar-refractivity contribution in [2.24, 2.45) is 0 Å². The van der Waals surface area contributed by atoms with E-state index in [0.717, 1.165) is 31.1 Å². The maximum Gasteiger partial charge on any atom is 0.129 e. The standard InChI is InChI=1S/C15H15Cl2FN2S.ClH/c16-10-3-4-11(18)13(14(10)17)15(12-2-1-9-21-12)20-7-5-19-6-8-20;/h1-4,9,15,19H,5-8H2;1H/t15-;/m1./s1. The van der Waals surface area contributed by atoms with Crippen molar-refractivity contribution in [2.75, 3.05) is 26.2 Å². The smallest absolute Gasteiger partial charge is 0.129 e. The molecule has 0 saturated carbocycles. The molecule has 0 amide bonds. The highest BCUT2D eigenvalue weighted by Gasteiger charge is 2.29. The fourth-order valence-corrected chi connectivity index (χ4v) is 3.97. The first-order valence-electron chi connectivity index (χ1n) is 6.80. The molecule has 1 atom stereocenters.